The molecule has 2 aromatic heterocycles. The molecular formula is C15H18N4. The average molecular weight is 254 g/mol. The predicted octanol–water partition coefficient (Wildman–Crippen LogP) is 2.33. The minimum Gasteiger partial charge on any atom is -0.341 e. The van der Waals surface area contributed by atoms with Crippen molar-refractivity contribution >= 4 is 5.95 Å². The molecule has 3 heterocycles. The monoisotopic (exact) mass is 254 g/mol. The standard InChI is InChI=1S/C15H18N4/c1-6-17-15(18-7-1)19-10-4-14(5-11-19)12-13-2-8-16-9-3-13/h1-3,6-9,14H,4-5,10-12H2. The molecule has 0 saturated carbocycles. The van der Waals surface area contributed by atoms with E-state index in [-0.39, 0.29) is 0 Å². The van der Waals surface area contributed by atoms with Crippen LogP contribution in [0, 0.1) is 5.92 Å². The van der Waals surface area contributed by atoms with Crippen molar-refractivity contribution in [3.63, 3.8) is 0 Å². The van der Waals surface area contributed by atoms with Gasteiger partial charge in [-0.25, -0.2) is 9.97 Å². The third-order valence-corrected chi connectivity index (χ3v) is 3.72. The first kappa shape index (κ1) is 12.1. The van der Waals surface area contributed by atoms with Crippen LogP contribution in [-0.2, 0) is 6.42 Å². The fourth-order valence-corrected chi connectivity index (χ4v) is 2.64. The Morgan fingerprint density at radius 2 is 1.68 bits per heavy atom. The van der Waals surface area contributed by atoms with Gasteiger partial charge in [-0.05, 0) is 48.9 Å². The number of aromatic nitrogens is 3. The molecule has 3 rings (SSSR count). The lowest BCUT2D eigenvalue weighted by atomic mass is 9.91. The molecule has 4 nitrogen and oxygen atoms in total. The molecule has 0 unspecified atom stereocenters. The molecule has 0 spiro atoms. The number of nitrogens with zero attached hydrogens (tertiary/aromatic N) is 4. The first-order valence-electron chi connectivity index (χ1n) is 6.83. The van der Waals surface area contributed by atoms with Gasteiger partial charge in [0.25, 0.3) is 0 Å². The lowest BCUT2D eigenvalue weighted by Crippen LogP contribution is -2.35. The third-order valence-electron chi connectivity index (χ3n) is 3.72. The Morgan fingerprint density at radius 3 is 2.37 bits per heavy atom. The second-order valence-corrected chi connectivity index (χ2v) is 5.04. The van der Waals surface area contributed by atoms with Crippen LogP contribution in [0.3, 0.4) is 0 Å². The van der Waals surface area contributed by atoms with Crippen LogP contribution < -0.4 is 4.90 Å². The average Bonchev–Trinajstić information content (AvgIpc) is 2.50. The number of pyridine rings is 1. The van der Waals surface area contributed by atoms with Gasteiger partial charge in [0.2, 0.25) is 5.95 Å². The number of rotatable bonds is 3. The fourth-order valence-electron chi connectivity index (χ4n) is 2.64. The largest absolute Gasteiger partial charge is 0.341 e. The van der Waals surface area contributed by atoms with E-state index in [1.54, 1.807) is 0 Å². The maximum absolute atomic E-state index is 4.32. The van der Waals surface area contributed by atoms with E-state index < -0.39 is 0 Å². The summed E-state index contributed by atoms with van der Waals surface area (Å²) in [7, 11) is 0. The van der Waals surface area contributed by atoms with Gasteiger partial charge in [-0.3, -0.25) is 4.98 Å². The highest BCUT2D eigenvalue weighted by Gasteiger charge is 2.20. The van der Waals surface area contributed by atoms with Crippen LogP contribution >= 0.6 is 0 Å². The number of hydrogen-bond donors (Lipinski definition) is 0. The molecule has 2 aromatic rings. The van der Waals surface area contributed by atoms with Gasteiger partial charge in [-0.15, -0.1) is 0 Å². The van der Waals surface area contributed by atoms with Crippen molar-refractivity contribution in [2.45, 2.75) is 19.3 Å². The predicted molar refractivity (Wildman–Crippen MR) is 74.9 cm³/mol. The minimum absolute atomic E-state index is 0.766. The van der Waals surface area contributed by atoms with Crippen molar-refractivity contribution in [1.29, 1.82) is 0 Å². The van der Waals surface area contributed by atoms with Gasteiger partial charge in [0.1, 0.15) is 0 Å². The lowest BCUT2D eigenvalue weighted by molar-refractivity contribution is 0.400. The molecule has 1 aliphatic rings. The highest BCUT2D eigenvalue weighted by atomic mass is 15.2. The van der Waals surface area contributed by atoms with Crippen LogP contribution in [0.4, 0.5) is 5.95 Å². The quantitative estimate of drug-likeness (QED) is 0.843. The third kappa shape index (κ3) is 3.08. The SMILES string of the molecule is c1cnc(N2CCC(Cc3ccncc3)CC2)nc1. The second kappa shape index (κ2) is 5.78. The molecule has 1 fully saturated rings. The fraction of sp³-hybridized carbons (Fsp3) is 0.400. The van der Waals surface area contributed by atoms with Crippen LogP contribution in [0.1, 0.15) is 18.4 Å². The Bertz CT molecular complexity index is 492. The number of piperidine rings is 1. The van der Waals surface area contributed by atoms with E-state index in [9.17, 15) is 0 Å². The highest BCUT2D eigenvalue weighted by Crippen LogP contribution is 2.23. The summed E-state index contributed by atoms with van der Waals surface area (Å²) in [6.45, 7) is 2.11. The molecule has 1 saturated heterocycles. The van der Waals surface area contributed by atoms with Gasteiger partial charge in [-0.2, -0.15) is 0 Å². The molecule has 0 amide bonds. The van der Waals surface area contributed by atoms with E-state index in [1.165, 1.54) is 18.4 Å². The highest BCUT2D eigenvalue weighted by molar-refractivity contribution is 5.29. The molecule has 98 valence electrons. The van der Waals surface area contributed by atoms with Crippen molar-refractivity contribution in [2.75, 3.05) is 18.0 Å². The normalized spacial score (nSPS) is 16.5. The molecule has 0 N–H and O–H groups in total. The number of hydrogen-bond acceptors (Lipinski definition) is 4. The van der Waals surface area contributed by atoms with Gasteiger partial charge in [0.05, 0.1) is 0 Å². The Kier molecular flexibility index (Phi) is 3.68. The summed E-state index contributed by atoms with van der Waals surface area (Å²) < 4.78 is 0. The van der Waals surface area contributed by atoms with E-state index in [2.05, 4.69) is 32.0 Å². The first-order valence-corrected chi connectivity index (χ1v) is 6.83. The van der Waals surface area contributed by atoms with Crippen molar-refractivity contribution < 1.29 is 0 Å². The summed E-state index contributed by atoms with van der Waals surface area (Å²) in [5, 5.41) is 0. The van der Waals surface area contributed by atoms with Gasteiger partial charge in [0, 0.05) is 37.9 Å². The zero-order valence-electron chi connectivity index (χ0n) is 10.9. The van der Waals surface area contributed by atoms with Crippen molar-refractivity contribution in [1.82, 2.24) is 15.0 Å². The maximum atomic E-state index is 4.32. The van der Waals surface area contributed by atoms with Crippen molar-refractivity contribution in [2.24, 2.45) is 5.92 Å². The van der Waals surface area contributed by atoms with Crippen LogP contribution in [0.2, 0.25) is 0 Å². The van der Waals surface area contributed by atoms with Gasteiger partial charge >= 0.3 is 0 Å². The van der Waals surface area contributed by atoms with Gasteiger partial charge in [-0.1, -0.05) is 0 Å². The van der Waals surface area contributed by atoms with E-state index in [1.807, 2.05) is 30.9 Å². The van der Waals surface area contributed by atoms with Gasteiger partial charge in [0.15, 0.2) is 0 Å². The van der Waals surface area contributed by atoms with Crippen molar-refractivity contribution in [3.8, 4) is 0 Å². The van der Waals surface area contributed by atoms with Crippen molar-refractivity contribution in [3.05, 3.63) is 48.5 Å². The Hall–Kier alpha value is -1.97. The summed E-state index contributed by atoms with van der Waals surface area (Å²) in [5.74, 6) is 1.63. The molecular weight excluding hydrogens is 236 g/mol. The van der Waals surface area contributed by atoms with E-state index >= 15 is 0 Å². The Morgan fingerprint density at radius 1 is 1.00 bits per heavy atom. The molecule has 19 heavy (non-hydrogen) atoms. The molecule has 0 bridgehead atoms. The smallest absolute Gasteiger partial charge is 0.225 e. The summed E-state index contributed by atoms with van der Waals surface area (Å²) in [6.07, 6.45) is 11.0. The summed E-state index contributed by atoms with van der Waals surface area (Å²) >= 11 is 0. The summed E-state index contributed by atoms with van der Waals surface area (Å²) in [4.78, 5) is 15.0. The first-order chi connectivity index (χ1) is 9.42. The molecule has 0 aromatic carbocycles. The lowest BCUT2D eigenvalue weighted by Gasteiger charge is -2.31. The van der Waals surface area contributed by atoms with E-state index in [4.69, 9.17) is 0 Å². The van der Waals surface area contributed by atoms with Gasteiger partial charge < -0.3 is 4.90 Å². The zero-order chi connectivity index (χ0) is 12.9. The zero-order valence-corrected chi connectivity index (χ0v) is 10.9. The molecule has 0 atom stereocenters. The summed E-state index contributed by atoms with van der Waals surface area (Å²) in [6, 6.07) is 6.10. The van der Waals surface area contributed by atoms with Crippen LogP contribution in [0.15, 0.2) is 43.0 Å². The van der Waals surface area contributed by atoms with Crippen LogP contribution in [0.5, 0.6) is 0 Å². The second-order valence-electron chi connectivity index (χ2n) is 5.04. The molecule has 0 radical (unpaired) electrons. The Labute approximate surface area is 113 Å². The molecule has 0 aliphatic carbocycles. The topological polar surface area (TPSA) is 41.9 Å². The molecule has 1 aliphatic heterocycles. The summed E-state index contributed by atoms with van der Waals surface area (Å²) in [5.41, 5.74) is 1.39. The van der Waals surface area contributed by atoms with Crippen LogP contribution in [0.25, 0.3) is 0 Å². The van der Waals surface area contributed by atoms with E-state index in [0.717, 1.165) is 31.4 Å². The number of anilines is 1. The maximum Gasteiger partial charge on any atom is 0.225 e. The Balaban J connectivity index is 1.55. The van der Waals surface area contributed by atoms with Crippen LogP contribution in [-0.4, -0.2) is 28.0 Å². The minimum atomic E-state index is 0.766. The molecule has 4 heteroatoms. The van der Waals surface area contributed by atoms with E-state index in [0.29, 0.717) is 0 Å².